The Labute approximate surface area is 235 Å². The summed E-state index contributed by atoms with van der Waals surface area (Å²) in [6.45, 7) is 16.2. The van der Waals surface area contributed by atoms with Crippen LogP contribution in [0.1, 0.15) is 67.9 Å². The van der Waals surface area contributed by atoms with E-state index in [9.17, 15) is 19.2 Å². The first-order valence-electron chi connectivity index (χ1n) is 13.0. The van der Waals surface area contributed by atoms with Gasteiger partial charge in [-0.25, -0.2) is 14.4 Å². The molecule has 0 radical (unpaired) electrons. The van der Waals surface area contributed by atoms with Crippen molar-refractivity contribution < 1.29 is 52.3 Å². The maximum atomic E-state index is 12.4. The molecule has 0 saturated carbocycles. The van der Waals surface area contributed by atoms with Crippen molar-refractivity contribution in [2.45, 2.75) is 87.0 Å². The lowest BCUT2D eigenvalue weighted by Gasteiger charge is -2.19. The molecule has 1 aromatic rings. The SMILES string of the molecule is CC(C)OC(=O)O[C@@H](C)COC(=O)[C@@H](N)Cc1ccc(OC(=O)OCC(C)(C)C)c(OC(=O)OCC(C)(C)C)c1. The number of carbonyl (C=O) groups excluding carboxylic acids is 4. The molecule has 0 aliphatic heterocycles. The van der Waals surface area contributed by atoms with E-state index in [2.05, 4.69) is 0 Å². The van der Waals surface area contributed by atoms with Crippen LogP contribution in [0.25, 0.3) is 0 Å². The van der Waals surface area contributed by atoms with Gasteiger partial charge >= 0.3 is 24.4 Å². The van der Waals surface area contributed by atoms with E-state index in [1.807, 2.05) is 41.5 Å². The molecule has 1 aromatic carbocycles. The average molecular weight is 570 g/mol. The molecule has 0 fully saturated rings. The molecule has 0 heterocycles. The van der Waals surface area contributed by atoms with Gasteiger partial charge in [0.1, 0.15) is 18.8 Å². The minimum Gasteiger partial charge on any atom is -0.461 e. The third kappa shape index (κ3) is 15.2. The van der Waals surface area contributed by atoms with Gasteiger partial charge in [-0.05, 0) is 55.7 Å². The Balaban J connectivity index is 2.91. The molecule has 226 valence electrons. The van der Waals surface area contributed by atoms with Crippen molar-refractivity contribution >= 4 is 24.4 Å². The summed E-state index contributed by atoms with van der Waals surface area (Å²) < 4.78 is 35.8. The summed E-state index contributed by atoms with van der Waals surface area (Å²) in [6, 6.07) is 3.22. The van der Waals surface area contributed by atoms with Gasteiger partial charge in [0.25, 0.3) is 0 Å². The first-order chi connectivity index (χ1) is 18.3. The second-order valence-electron chi connectivity index (χ2n) is 12.0. The lowest BCUT2D eigenvalue weighted by atomic mass is 9.99. The highest BCUT2D eigenvalue weighted by Crippen LogP contribution is 2.30. The van der Waals surface area contributed by atoms with Crippen molar-refractivity contribution in [2.75, 3.05) is 19.8 Å². The number of carbonyl (C=O) groups is 4. The lowest BCUT2D eigenvalue weighted by molar-refractivity contribution is -0.148. The van der Waals surface area contributed by atoms with Crippen LogP contribution in [0.3, 0.4) is 0 Å². The van der Waals surface area contributed by atoms with E-state index in [-0.39, 0.29) is 54.7 Å². The van der Waals surface area contributed by atoms with Crippen LogP contribution in [0.5, 0.6) is 11.5 Å². The van der Waals surface area contributed by atoms with Crippen LogP contribution < -0.4 is 15.2 Å². The third-order valence-electron chi connectivity index (χ3n) is 4.49. The highest BCUT2D eigenvalue weighted by Gasteiger charge is 2.23. The molecular formula is C28H43NO11. The first kappa shape index (κ1) is 34.5. The molecule has 0 aliphatic rings. The number of nitrogens with two attached hydrogens (primary N) is 1. The summed E-state index contributed by atoms with van der Waals surface area (Å²) in [7, 11) is 0. The van der Waals surface area contributed by atoms with E-state index >= 15 is 0 Å². The van der Waals surface area contributed by atoms with Gasteiger partial charge in [0.2, 0.25) is 0 Å². The van der Waals surface area contributed by atoms with E-state index in [0.717, 1.165) is 0 Å². The van der Waals surface area contributed by atoms with Gasteiger partial charge in [-0.2, -0.15) is 0 Å². The zero-order valence-electron chi connectivity index (χ0n) is 24.9. The molecule has 40 heavy (non-hydrogen) atoms. The van der Waals surface area contributed by atoms with Crippen LogP contribution in [0, 0.1) is 10.8 Å². The van der Waals surface area contributed by atoms with Gasteiger partial charge in [-0.3, -0.25) is 4.79 Å². The monoisotopic (exact) mass is 569 g/mol. The van der Waals surface area contributed by atoms with Gasteiger partial charge in [0, 0.05) is 0 Å². The predicted octanol–water partition coefficient (Wildman–Crippen LogP) is 5.17. The third-order valence-corrected chi connectivity index (χ3v) is 4.49. The average Bonchev–Trinajstić information content (AvgIpc) is 2.80. The fraction of sp³-hybridized carbons (Fsp3) is 0.643. The highest BCUT2D eigenvalue weighted by atomic mass is 16.8. The molecule has 2 N–H and O–H groups in total. The first-order valence-corrected chi connectivity index (χ1v) is 13.0. The molecule has 1 rings (SSSR count). The molecule has 12 nitrogen and oxygen atoms in total. The fourth-order valence-electron chi connectivity index (χ4n) is 2.70. The molecule has 0 bridgehead atoms. The Kier molecular flexibility index (Phi) is 13.2. The predicted molar refractivity (Wildman–Crippen MR) is 144 cm³/mol. The number of hydrogen-bond donors (Lipinski definition) is 1. The van der Waals surface area contributed by atoms with Crippen LogP contribution in [-0.4, -0.2) is 62.5 Å². The Bertz CT molecular complexity index is 1010. The van der Waals surface area contributed by atoms with E-state index in [1.165, 1.54) is 19.1 Å². The quantitative estimate of drug-likeness (QED) is 0.212. The van der Waals surface area contributed by atoms with Crippen molar-refractivity contribution in [1.82, 2.24) is 0 Å². The molecule has 0 aliphatic carbocycles. The lowest BCUT2D eigenvalue weighted by Crippen LogP contribution is -2.36. The number of benzene rings is 1. The Morgan fingerprint density at radius 3 is 1.77 bits per heavy atom. The van der Waals surface area contributed by atoms with Crippen LogP contribution >= 0.6 is 0 Å². The summed E-state index contributed by atoms with van der Waals surface area (Å²) in [4.78, 5) is 48.5. The molecule has 12 heteroatoms. The zero-order chi connectivity index (χ0) is 30.7. The zero-order valence-corrected chi connectivity index (χ0v) is 24.9. The van der Waals surface area contributed by atoms with Crippen LogP contribution in [-0.2, 0) is 34.9 Å². The molecule has 0 spiro atoms. The largest absolute Gasteiger partial charge is 0.513 e. The summed E-state index contributed by atoms with van der Waals surface area (Å²) in [5.41, 5.74) is 5.89. The second-order valence-corrected chi connectivity index (χ2v) is 12.0. The Hall–Kier alpha value is -3.54. The minimum absolute atomic E-state index is 0.00832. The maximum Gasteiger partial charge on any atom is 0.513 e. The second kappa shape index (κ2) is 15.3. The fourth-order valence-corrected chi connectivity index (χ4v) is 2.70. The maximum absolute atomic E-state index is 12.4. The van der Waals surface area contributed by atoms with E-state index in [1.54, 1.807) is 19.9 Å². The van der Waals surface area contributed by atoms with Crippen LogP contribution in [0.4, 0.5) is 14.4 Å². The highest BCUT2D eigenvalue weighted by molar-refractivity contribution is 5.76. The number of rotatable bonds is 11. The molecule has 2 atom stereocenters. The molecule has 0 unspecified atom stereocenters. The van der Waals surface area contributed by atoms with Gasteiger partial charge in [0.15, 0.2) is 11.5 Å². The van der Waals surface area contributed by atoms with Crippen LogP contribution in [0.2, 0.25) is 0 Å². The van der Waals surface area contributed by atoms with Crippen LogP contribution in [0.15, 0.2) is 18.2 Å². The molecule has 0 saturated heterocycles. The normalized spacial score (nSPS) is 13.1. The topological polar surface area (TPSA) is 159 Å². The summed E-state index contributed by atoms with van der Waals surface area (Å²) in [5, 5.41) is 0. The van der Waals surface area contributed by atoms with E-state index in [0.29, 0.717) is 5.56 Å². The van der Waals surface area contributed by atoms with Crippen molar-refractivity contribution in [3.8, 4) is 11.5 Å². The number of esters is 1. The summed E-state index contributed by atoms with van der Waals surface area (Å²) in [5.74, 6) is -0.966. The Morgan fingerprint density at radius 2 is 1.27 bits per heavy atom. The van der Waals surface area contributed by atoms with Crippen molar-refractivity contribution in [2.24, 2.45) is 16.6 Å². The standard InChI is InChI=1S/C28H43NO11/c1-17(2)37-26(33)38-18(3)14-34-23(30)20(29)12-19-10-11-21(39-24(31)35-15-27(4,5)6)22(13-19)40-25(32)36-16-28(7,8)9/h10-11,13,17-18,20H,12,14-16,29H2,1-9H3/t18-,20-/m0/s1. The summed E-state index contributed by atoms with van der Waals surface area (Å²) in [6.07, 6.45) is -3.98. The molecular weight excluding hydrogens is 526 g/mol. The van der Waals surface area contributed by atoms with Crippen molar-refractivity contribution in [3.05, 3.63) is 23.8 Å². The van der Waals surface area contributed by atoms with Gasteiger partial charge in [0.05, 0.1) is 19.3 Å². The minimum atomic E-state index is -1.10. The molecule has 0 aromatic heterocycles. The van der Waals surface area contributed by atoms with E-state index in [4.69, 9.17) is 38.9 Å². The Morgan fingerprint density at radius 1 is 0.750 bits per heavy atom. The molecule has 0 amide bonds. The van der Waals surface area contributed by atoms with E-state index < -0.39 is 36.6 Å². The van der Waals surface area contributed by atoms with Crippen molar-refractivity contribution in [3.63, 3.8) is 0 Å². The summed E-state index contributed by atoms with van der Waals surface area (Å²) >= 11 is 0. The smallest absolute Gasteiger partial charge is 0.461 e. The van der Waals surface area contributed by atoms with Gasteiger partial charge < -0.3 is 38.9 Å². The van der Waals surface area contributed by atoms with Gasteiger partial charge in [-0.1, -0.05) is 47.6 Å². The van der Waals surface area contributed by atoms with Crippen molar-refractivity contribution in [1.29, 1.82) is 0 Å². The van der Waals surface area contributed by atoms with Gasteiger partial charge in [-0.15, -0.1) is 0 Å². The number of ether oxygens (including phenoxy) is 7. The number of hydrogen-bond acceptors (Lipinski definition) is 12.